The molecule has 0 radical (unpaired) electrons. The van der Waals surface area contributed by atoms with Crippen LogP contribution in [-0.2, 0) is 4.79 Å². The molecule has 1 aliphatic carbocycles. The third kappa shape index (κ3) is 19.8. The van der Waals surface area contributed by atoms with Gasteiger partial charge >= 0.3 is 0 Å². The van der Waals surface area contributed by atoms with Crippen molar-refractivity contribution in [2.75, 3.05) is 27.2 Å². The van der Waals surface area contributed by atoms with Gasteiger partial charge in [-0.2, -0.15) is 0 Å². The van der Waals surface area contributed by atoms with E-state index in [1.165, 1.54) is 112 Å². The van der Waals surface area contributed by atoms with E-state index in [9.17, 15) is 9.90 Å². The molecule has 0 saturated heterocycles. The van der Waals surface area contributed by atoms with Crippen molar-refractivity contribution in [1.82, 2.24) is 0 Å². The summed E-state index contributed by atoms with van der Waals surface area (Å²) in [6, 6.07) is 0. The molecule has 0 fully saturated rings. The second kappa shape index (κ2) is 21.0. The van der Waals surface area contributed by atoms with Gasteiger partial charge in [0.15, 0.2) is 0 Å². The van der Waals surface area contributed by atoms with Crippen molar-refractivity contribution in [2.24, 2.45) is 5.41 Å². The molecule has 3 heteroatoms. The normalized spacial score (nSPS) is 16.6. The van der Waals surface area contributed by atoms with Crippen molar-refractivity contribution < 1.29 is 14.4 Å². The number of nitrogens with zero attached hydrogens (tertiary/aromatic N) is 1. The van der Waals surface area contributed by atoms with Crippen molar-refractivity contribution in [3.05, 3.63) is 58.7 Å². The average Bonchev–Trinajstić information content (AvgIpc) is 2.84. The third-order valence-electron chi connectivity index (χ3n) is 8.09. The van der Waals surface area contributed by atoms with Gasteiger partial charge in [-0.05, 0) is 82.4 Å². The summed E-state index contributed by atoms with van der Waals surface area (Å²) in [5.41, 5.74) is 4.99. The van der Waals surface area contributed by atoms with E-state index in [1.807, 2.05) is 19.1 Å². The highest BCUT2D eigenvalue weighted by molar-refractivity contribution is 5.79. The van der Waals surface area contributed by atoms with E-state index in [-0.39, 0.29) is 5.41 Å². The van der Waals surface area contributed by atoms with E-state index >= 15 is 0 Å². The van der Waals surface area contributed by atoms with Gasteiger partial charge < -0.3 is 14.4 Å². The maximum Gasteiger partial charge on any atom is 0.0782 e. The van der Waals surface area contributed by atoms with Crippen LogP contribution in [-0.4, -0.2) is 37.6 Å². The highest BCUT2D eigenvalue weighted by Gasteiger charge is 2.26. The molecule has 0 aliphatic heterocycles. The molecule has 0 unspecified atom stereocenters. The Morgan fingerprint density at radius 1 is 0.897 bits per heavy atom. The number of carbonyl (C=O) groups is 1. The SMILES string of the molecule is CC1=C(/C=C/C(C)=C/C=C/C(C)=C/C(=O)[O-])C(C)(C)CCC1.CCCCCCCCCCCC[N+](C)(C)CC. The number of allylic oxidation sites excluding steroid dienone is 9. The summed E-state index contributed by atoms with van der Waals surface area (Å²) in [7, 11) is 4.68. The van der Waals surface area contributed by atoms with Crippen LogP contribution in [0.2, 0.25) is 0 Å². The maximum atomic E-state index is 10.4. The molecule has 224 valence electrons. The van der Waals surface area contributed by atoms with Crippen LogP contribution in [0.25, 0.3) is 0 Å². The van der Waals surface area contributed by atoms with E-state index in [0.29, 0.717) is 5.57 Å². The molecule has 1 aliphatic rings. The van der Waals surface area contributed by atoms with E-state index in [2.05, 4.69) is 60.9 Å². The van der Waals surface area contributed by atoms with Gasteiger partial charge in [-0.1, -0.05) is 114 Å². The van der Waals surface area contributed by atoms with Crippen molar-refractivity contribution in [1.29, 1.82) is 0 Å². The predicted octanol–water partition coefficient (Wildman–Crippen LogP) is 9.27. The second-order valence-corrected chi connectivity index (χ2v) is 12.9. The second-order valence-electron chi connectivity index (χ2n) is 12.9. The first-order valence-corrected chi connectivity index (χ1v) is 15.8. The molecule has 0 N–H and O–H groups in total. The van der Waals surface area contributed by atoms with Crippen LogP contribution in [0.1, 0.15) is 132 Å². The lowest BCUT2D eigenvalue weighted by Crippen LogP contribution is -2.39. The largest absolute Gasteiger partial charge is 0.545 e. The molecular formula is C36H63NO2. The lowest BCUT2D eigenvalue weighted by molar-refractivity contribution is -0.888. The molecule has 0 aromatic rings. The Morgan fingerprint density at radius 3 is 1.97 bits per heavy atom. The minimum absolute atomic E-state index is 0.253. The summed E-state index contributed by atoms with van der Waals surface area (Å²) in [4.78, 5) is 10.4. The van der Waals surface area contributed by atoms with Crippen molar-refractivity contribution >= 4 is 5.97 Å². The Kier molecular flexibility index (Phi) is 19.9. The van der Waals surface area contributed by atoms with Crippen LogP contribution in [0.15, 0.2) is 58.7 Å². The Morgan fingerprint density at radius 2 is 1.46 bits per heavy atom. The molecular weight excluding hydrogens is 478 g/mol. The van der Waals surface area contributed by atoms with Gasteiger partial charge in [-0.3, -0.25) is 0 Å². The van der Waals surface area contributed by atoms with Crippen LogP contribution in [0.3, 0.4) is 0 Å². The van der Waals surface area contributed by atoms with E-state index in [1.54, 1.807) is 13.0 Å². The number of unbranched alkanes of at least 4 members (excludes halogenated alkanes) is 9. The summed E-state index contributed by atoms with van der Waals surface area (Å²) in [5, 5.41) is 10.4. The number of rotatable bonds is 17. The van der Waals surface area contributed by atoms with E-state index < -0.39 is 5.97 Å². The lowest BCUT2D eigenvalue weighted by atomic mass is 9.72. The molecule has 0 amide bonds. The average molecular weight is 542 g/mol. The fourth-order valence-electron chi connectivity index (χ4n) is 5.05. The van der Waals surface area contributed by atoms with Gasteiger partial charge in [-0.15, -0.1) is 0 Å². The Labute approximate surface area is 243 Å². The van der Waals surface area contributed by atoms with Gasteiger partial charge in [0.05, 0.1) is 33.2 Å². The molecule has 0 aromatic heterocycles. The summed E-state index contributed by atoms with van der Waals surface area (Å²) < 4.78 is 1.19. The van der Waals surface area contributed by atoms with Crippen LogP contribution in [0, 0.1) is 5.41 Å². The first-order chi connectivity index (χ1) is 18.3. The number of quaternary nitrogens is 1. The van der Waals surface area contributed by atoms with Gasteiger partial charge in [0.1, 0.15) is 0 Å². The summed E-state index contributed by atoms with van der Waals surface area (Å²) in [6.45, 7) is 17.8. The zero-order chi connectivity index (χ0) is 29.7. The molecule has 0 saturated carbocycles. The van der Waals surface area contributed by atoms with Crippen molar-refractivity contribution in [3.8, 4) is 0 Å². The van der Waals surface area contributed by atoms with E-state index in [0.717, 1.165) is 11.6 Å². The Hall–Kier alpha value is -1.87. The van der Waals surface area contributed by atoms with Crippen LogP contribution < -0.4 is 5.11 Å². The molecule has 39 heavy (non-hydrogen) atoms. The minimum atomic E-state index is -1.16. The zero-order valence-corrected chi connectivity index (χ0v) is 27.3. The highest BCUT2D eigenvalue weighted by atomic mass is 16.4. The summed E-state index contributed by atoms with van der Waals surface area (Å²) in [6.07, 6.45) is 29.2. The number of aliphatic carboxylic acids is 1. The van der Waals surface area contributed by atoms with E-state index in [4.69, 9.17) is 0 Å². The number of carbonyl (C=O) groups excluding carboxylic acids is 1. The fourth-order valence-corrected chi connectivity index (χ4v) is 5.05. The Balaban J connectivity index is 0.000000768. The smallest absolute Gasteiger partial charge is 0.0782 e. The van der Waals surface area contributed by atoms with Crippen LogP contribution in [0.5, 0.6) is 0 Å². The highest BCUT2D eigenvalue weighted by Crippen LogP contribution is 2.40. The maximum absolute atomic E-state index is 10.4. The summed E-state index contributed by atoms with van der Waals surface area (Å²) >= 11 is 0. The Bertz CT molecular complexity index is 836. The molecule has 0 spiro atoms. The van der Waals surface area contributed by atoms with Crippen molar-refractivity contribution in [3.63, 3.8) is 0 Å². The molecule has 1 rings (SSSR count). The number of hydrogen-bond acceptors (Lipinski definition) is 2. The zero-order valence-electron chi connectivity index (χ0n) is 27.3. The quantitative estimate of drug-likeness (QED) is 0.0796. The summed E-state index contributed by atoms with van der Waals surface area (Å²) in [5.74, 6) is -1.16. The van der Waals surface area contributed by atoms with Gasteiger partial charge in [0, 0.05) is 0 Å². The van der Waals surface area contributed by atoms with Crippen LogP contribution >= 0.6 is 0 Å². The van der Waals surface area contributed by atoms with Gasteiger partial charge in [-0.25, -0.2) is 0 Å². The molecule has 3 nitrogen and oxygen atoms in total. The van der Waals surface area contributed by atoms with Crippen LogP contribution in [0.4, 0.5) is 0 Å². The molecule has 0 aromatic carbocycles. The number of carboxylic acids is 1. The first-order valence-electron chi connectivity index (χ1n) is 15.8. The number of hydrogen-bond donors (Lipinski definition) is 0. The number of carboxylic acid groups (broad SMARTS) is 1. The lowest BCUT2D eigenvalue weighted by Gasteiger charge is -2.32. The monoisotopic (exact) mass is 541 g/mol. The van der Waals surface area contributed by atoms with Crippen molar-refractivity contribution in [2.45, 2.75) is 132 Å². The molecule has 0 bridgehead atoms. The molecule has 0 atom stereocenters. The predicted molar refractivity (Wildman–Crippen MR) is 170 cm³/mol. The standard InChI is InChI=1S/C20H28O2.C16H36N/c1-15(8-6-9-16(2)14-19(21)22)11-12-18-17(3)10-7-13-20(18,4)5;1-5-7-8-9-10-11-12-13-14-15-16-17(3,4)6-2/h6,8-9,11-12,14H,7,10,13H2,1-5H3,(H,21,22);5-16H2,1-4H3/q;+1/p-1/b9-6+,12-11+,15-8+,16-14+;. The molecule has 0 heterocycles. The van der Waals surface area contributed by atoms with Gasteiger partial charge in [0.2, 0.25) is 0 Å². The third-order valence-corrected chi connectivity index (χ3v) is 8.09. The topological polar surface area (TPSA) is 40.1 Å². The first kappa shape index (κ1) is 37.1. The fraction of sp³-hybridized carbons (Fsp3) is 0.694. The van der Waals surface area contributed by atoms with Gasteiger partial charge in [0.25, 0.3) is 0 Å². The minimum Gasteiger partial charge on any atom is -0.545 e.